The van der Waals surface area contributed by atoms with Crippen molar-refractivity contribution < 1.29 is 9.53 Å². The molecular formula is C23H23ClN2O2. The topological polar surface area (TPSA) is 51.2 Å². The lowest BCUT2D eigenvalue weighted by atomic mass is 10.1. The van der Waals surface area contributed by atoms with E-state index in [1.807, 2.05) is 73.7 Å². The molecular weight excluding hydrogens is 372 g/mol. The number of amides is 1. The number of aromatic nitrogens is 1. The second kappa shape index (κ2) is 9.90. The third-order valence-electron chi connectivity index (χ3n) is 4.38. The lowest BCUT2D eigenvalue weighted by Crippen LogP contribution is -2.26. The molecule has 28 heavy (non-hydrogen) atoms. The summed E-state index contributed by atoms with van der Waals surface area (Å²) >= 11 is 5.99. The van der Waals surface area contributed by atoms with E-state index in [-0.39, 0.29) is 11.9 Å². The fraction of sp³-hybridized carbons (Fsp3) is 0.217. The van der Waals surface area contributed by atoms with Crippen LogP contribution >= 0.6 is 11.6 Å². The molecule has 0 spiro atoms. The van der Waals surface area contributed by atoms with Crippen LogP contribution in [0.5, 0.6) is 5.75 Å². The predicted molar refractivity (Wildman–Crippen MR) is 111 cm³/mol. The Morgan fingerprint density at radius 1 is 1.11 bits per heavy atom. The maximum absolute atomic E-state index is 12.3. The Labute approximate surface area is 170 Å². The third kappa shape index (κ3) is 6.10. The van der Waals surface area contributed by atoms with Crippen molar-refractivity contribution in [3.8, 4) is 5.75 Å². The Morgan fingerprint density at radius 2 is 1.96 bits per heavy atom. The molecule has 2 aromatic carbocycles. The van der Waals surface area contributed by atoms with Gasteiger partial charge in [0.15, 0.2) is 0 Å². The number of carbonyl (C=O) groups excluding carboxylic acids is 1. The van der Waals surface area contributed by atoms with Crippen molar-refractivity contribution in [3.05, 3.63) is 94.8 Å². The number of rotatable bonds is 8. The van der Waals surface area contributed by atoms with Crippen LogP contribution in [0.2, 0.25) is 5.02 Å². The molecule has 5 heteroatoms. The van der Waals surface area contributed by atoms with Gasteiger partial charge < -0.3 is 10.1 Å². The average molecular weight is 395 g/mol. The fourth-order valence-corrected chi connectivity index (χ4v) is 3.07. The summed E-state index contributed by atoms with van der Waals surface area (Å²) in [5.41, 5.74) is 2.92. The smallest absolute Gasteiger partial charge is 0.220 e. The minimum atomic E-state index is -0.106. The van der Waals surface area contributed by atoms with Crippen molar-refractivity contribution in [2.45, 2.75) is 32.4 Å². The molecule has 0 aliphatic heterocycles. The summed E-state index contributed by atoms with van der Waals surface area (Å²) in [4.78, 5) is 16.5. The van der Waals surface area contributed by atoms with Crippen molar-refractivity contribution in [1.29, 1.82) is 0 Å². The van der Waals surface area contributed by atoms with Gasteiger partial charge in [-0.15, -0.1) is 0 Å². The SMILES string of the molecule is CC(NC(=O)CCc1cccc(Cl)c1)c1cccc(OCc2ccccn2)c1. The summed E-state index contributed by atoms with van der Waals surface area (Å²) in [6.45, 7) is 2.37. The number of nitrogens with one attached hydrogen (secondary N) is 1. The highest BCUT2D eigenvalue weighted by Gasteiger charge is 2.11. The zero-order valence-corrected chi connectivity index (χ0v) is 16.5. The lowest BCUT2D eigenvalue weighted by Gasteiger charge is -2.16. The van der Waals surface area contributed by atoms with E-state index < -0.39 is 0 Å². The standard InChI is InChI=1S/C23H23ClN2O2/c1-17(26-23(27)12-11-18-6-4-8-20(24)14-18)19-7-5-10-22(15-19)28-16-21-9-2-3-13-25-21/h2-10,13-15,17H,11-12,16H2,1H3,(H,26,27). The number of nitrogens with zero attached hydrogens (tertiary/aromatic N) is 1. The Hall–Kier alpha value is -2.85. The second-order valence-corrected chi connectivity index (χ2v) is 7.04. The van der Waals surface area contributed by atoms with Crippen molar-refractivity contribution in [2.75, 3.05) is 0 Å². The molecule has 3 rings (SSSR count). The van der Waals surface area contributed by atoms with Gasteiger partial charge in [-0.3, -0.25) is 9.78 Å². The number of ether oxygens (including phenoxy) is 1. The highest BCUT2D eigenvalue weighted by Crippen LogP contribution is 2.20. The Balaban J connectivity index is 1.52. The van der Waals surface area contributed by atoms with Crippen molar-refractivity contribution in [1.82, 2.24) is 10.3 Å². The molecule has 4 nitrogen and oxygen atoms in total. The molecule has 0 aliphatic rings. The summed E-state index contributed by atoms with van der Waals surface area (Å²) in [5, 5.41) is 3.73. The Kier molecular flexibility index (Phi) is 7.04. The van der Waals surface area contributed by atoms with Crippen LogP contribution in [0.4, 0.5) is 0 Å². The highest BCUT2D eigenvalue weighted by atomic mass is 35.5. The summed E-state index contributed by atoms with van der Waals surface area (Å²) < 4.78 is 5.82. The maximum Gasteiger partial charge on any atom is 0.220 e. The maximum atomic E-state index is 12.3. The van der Waals surface area contributed by atoms with Gasteiger partial charge in [0.1, 0.15) is 12.4 Å². The van der Waals surface area contributed by atoms with E-state index >= 15 is 0 Å². The van der Waals surface area contributed by atoms with Crippen LogP contribution < -0.4 is 10.1 Å². The normalized spacial score (nSPS) is 11.6. The van der Waals surface area contributed by atoms with Gasteiger partial charge in [0.2, 0.25) is 5.91 Å². The molecule has 0 saturated carbocycles. The van der Waals surface area contributed by atoms with Gasteiger partial charge in [0.05, 0.1) is 11.7 Å². The van der Waals surface area contributed by atoms with Crippen LogP contribution in [-0.2, 0) is 17.8 Å². The van der Waals surface area contributed by atoms with E-state index in [0.29, 0.717) is 24.5 Å². The van der Waals surface area contributed by atoms with Gasteiger partial charge in [-0.25, -0.2) is 0 Å². The quantitative estimate of drug-likeness (QED) is 0.576. The Bertz CT molecular complexity index is 915. The molecule has 0 bridgehead atoms. The fourth-order valence-electron chi connectivity index (χ4n) is 2.86. The van der Waals surface area contributed by atoms with Crippen LogP contribution in [-0.4, -0.2) is 10.9 Å². The van der Waals surface area contributed by atoms with Crippen LogP contribution in [0.25, 0.3) is 0 Å². The van der Waals surface area contributed by atoms with Crippen LogP contribution in [0.1, 0.15) is 36.2 Å². The van der Waals surface area contributed by atoms with Gasteiger partial charge in [-0.05, 0) is 60.9 Å². The molecule has 0 radical (unpaired) electrons. The van der Waals surface area contributed by atoms with Gasteiger partial charge in [-0.1, -0.05) is 41.9 Å². The predicted octanol–water partition coefficient (Wildman–Crippen LogP) is 5.12. The zero-order valence-electron chi connectivity index (χ0n) is 15.8. The van der Waals surface area contributed by atoms with E-state index in [2.05, 4.69) is 10.3 Å². The largest absolute Gasteiger partial charge is 0.487 e. The number of carbonyl (C=O) groups is 1. The first-order chi connectivity index (χ1) is 13.6. The Morgan fingerprint density at radius 3 is 2.75 bits per heavy atom. The van der Waals surface area contributed by atoms with E-state index in [1.54, 1.807) is 6.20 Å². The number of hydrogen-bond acceptors (Lipinski definition) is 3. The number of halogens is 1. The lowest BCUT2D eigenvalue weighted by molar-refractivity contribution is -0.121. The molecule has 1 unspecified atom stereocenters. The van der Waals surface area contributed by atoms with Crippen molar-refractivity contribution in [3.63, 3.8) is 0 Å². The van der Waals surface area contributed by atoms with Crippen molar-refractivity contribution >= 4 is 17.5 Å². The van der Waals surface area contributed by atoms with Crippen LogP contribution in [0, 0.1) is 0 Å². The molecule has 144 valence electrons. The summed E-state index contributed by atoms with van der Waals surface area (Å²) in [6, 6.07) is 21.0. The van der Waals surface area contributed by atoms with E-state index in [4.69, 9.17) is 16.3 Å². The molecule has 1 amide bonds. The van der Waals surface area contributed by atoms with Gasteiger partial charge in [-0.2, -0.15) is 0 Å². The average Bonchev–Trinajstić information content (AvgIpc) is 2.72. The second-order valence-electron chi connectivity index (χ2n) is 6.60. The first kappa shape index (κ1) is 19.9. The van der Waals surface area contributed by atoms with Gasteiger partial charge >= 0.3 is 0 Å². The molecule has 1 heterocycles. The number of aryl methyl sites for hydroxylation is 1. The molecule has 1 N–H and O–H groups in total. The molecule has 3 aromatic rings. The van der Waals surface area contributed by atoms with Crippen LogP contribution in [0.15, 0.2) is 72.9 Å². The first-order valence-corrected chi connectivity index (χ1v) is 9.64. The van der Waals surface area contributed by atoms with Crippen LogP contribution in [0.3, 0.4) is 0 Å². The number of benzene rings is 2. The number of hydrogen-bond donors (Lipinski definition) is 1. The monoisotopic (exact) mass is 394 g/mol. The van der Waals surface area contributed by atoms with Gasteiger partial charge in [0, 0.05) is 17.6 Å². The van der Waals surface area contributed by atoms with Crippen molar-refractivity contribution in [2.24, 2.45) is 0 Å². The van der Waals surface area contributed by atoms with E-state index in [1.165, 1.54) is 0 Å². The first-order valence-electron chi connectivity index (χ1n) is 9.26. The third-order valence-corrected chi connectivity index (χ3v) is 4.61. The molecule has 0 fully saturated rings. The molecule has 0 aliphatic carbocycles. The minimum absolute atomic E-state index is 0.00674. The summed E-state index contributed by atoms with van der Waals surface area (Å²) in [6.07, 6.45) is 2.82. The molecule has 1 aromatic heterocycles. The van der Waals surface area contributed by atoms with E-state index in [0.717, 1.165) is 22.6 Å². The highest BCUT2D eigenvalue weighted by molar-refractivity contribution is 6.30. The minimum Gasteiger partial charge on any atom is -0.487 e. The zero-order chi connectivity index (χ0) is 19.8. The summed E-state index contributed by atoms with van der Waals surface area (Å²) in [7, 11) is 0. The van der Waals surface area contributed by atoms with Gasteiger partial charge in [0.25, 0.3) is 0 Å². The number of pyridine rings is 1. The molecule has 0 saturated heterocycles. The van der Waals surface area contributed by atoms with E-state index in [9.17, 15) is 4.79 Å². The summed E-state index contributed by atoms with van der Waals surface area (Å²) in [5.74, 6) is 0.760. The molecule has 1 atom stereocenters.